The van der Waals surface area contributed by atoms with Crippen LogP contribution in [0.3, 0.4) is 0 Å². The molecule has 8 nitrogen and oxygen atoms in total. The van der Waals surface area contributed by atoms with Crippen molar-refractivity contribution in [2.75, 3.05) is 7.11 Å². The predicted molar refractivity (Wildman–Crippen MR) is 80.9 cm³/mol. The van der Waals surface area contributed by atoms with Crippen molar-refractivity contribution in [2.45, 2.75) is 13.0 Å². The quantitative estimate of drug-likeness (QED) is 0.730. The van der Waals surface area contributed by atoms with Crippen LogP contribution in [0.4, 0.5) is 0 Å². The van der Waals surface area contributed by atoms with E-state index in [9.17, 15) is 9.59 Å². The molecule has 2 rings (SSSR count). The molecule has 0 aliphatic rings. The van der Waals surface area contributed by atoms with Gasteiger partial charge in [-0.25, -0.2) is 0 Å². The van der Waals surface area contributed by atoms with Crippen LogP contribution in [0, 0.1) is 0 Å². The van der Waals surface area contributed by atoms with Gasteiger partial charge in [0.05, 0.1) is 13.7 Å². The van der Waals surface area contributed by atoms with Gasteiger partial charge in [-0.3, -0.25) is 9.59 Å². The highest BCUT2D eigenvalue weighted by molar-refractivity contribution is 5.94. The fourth-order valence-corrected chi connectivity index (χ4v) is 1.92. The number of amides is 2. The molecular formula is C15H16N4O4. The highest BCUT2D eigenvalue weighted by Gasteiger charge is 2.13. The first-order chi connectivity index (χ1) is 11.0. The van der Waals surface area contributed by atoms with Crippen LogP contribution in [-0.2, 0) is 13.0 Å². The first-order valence-electron chi connectivity index (χ1n) is 6.73. The number of benzene rings is 1. The Morgan fingerprint density at radius 3 is 2.87 bits per heavy atom. The van der Waals surface area contributed by atoms with Crippen molar-refractivity contribution in [3.63, 3.8) is 0 Å². The van der Waals surface area contributed by atoms with Crippen LogP contribution in [0.5, 0.6) is 5.75 Å². The van der Waals surface area contributed by atoms with E-state index in [-0.39, 0.29) is 24.2 Å². The number of nitrogens with zero attached hydrogens (tertiary/aromatic N) is 2. The van der Waals surface area contributed by atoms with Crippen LogP contribution < -0.4 is 15.8 Å². The summed E-state index contributed by atoms with van der Waals surface area (Å²) in [5.41, 5.74) is 6.32. The topological polar surface area (TPSA) is 120 Å². The summed E-state index contributed by atoms with van der Waals surface area (Å²) in [4.78, 5) is 26.8. The monoisotopic (exact) mass is 316 g/mol. The van der Waals surface area contributed by atoms with E-state index in [4.69, 9.17) is 15.0 Å². The summed E-state index contributed by atoms with van der Waals surface area (Å²) in [6.07, 6.45) is 2.30. The van der Waals surface area contributed by atoms with E-state index in [0.717, 1.165) is 5.56 Å². The fourth-order valence-electron chi connectivity index (χ4n) is 1.92. The predicted octanol–water partition coefficient (Wildman–Crippen LogP) is 0.836. The number of nitrogens with two attached hydrogens (primary N) is 1. The summed E-state index contributed by atoms with van der Waals surface area (Å²) in [6.45, 7) is 3.66. The van der Waals surface area contributed by atoms with Gasteiger partial charge in [-0.05, 0) is 30.2 Å². The molecule has 0 unspecified atom stereocenters. The van der Waals surface area contributed by atoms with Crippen molar-refractivity contribution < 1.29 is 18.8 Å². The minimum absolute atomic E-state index is 0.0120. The lowest BCUT2D eigenvalue weighted by Crippen LogP contribution is -2.23. The number of hydrogen-bond donors (Lipinski definition) is 2. The number of methoxy groups -OCH3 is 1. The van der Waals surface area contributed by atoms with Crippen molar-refractivity contribution in [1.29, 1.82) is 0 Å². The molecule has 0 fully saturated rings. The Morgan fingerprint density at radius 1 is 1.48 bits per heavy atom. The normalized spacial score (nSPS) is 10.1. The summed E-state index contributed by atoms with van der Waals surface area (Å²) in [6, 6.07) is 5.08. The molecule has 1 aromatic heterocycles. The van der Waals surface area contributed by atoms with Crippen molar-refractivity contribution in [1.82, 2.24) is 15.5 Å². The highest BCUT2D eigenvalue weighted by Crippen LogP contribution is 2.20. The van der Waals surface area contributed by atoms with Crippen LogP contribution in [0.2, 0.25) is 0 Å². The van der Waals surface area contributed by atoms with Crippen molar-refractivity contribution in [3.05, 3.63) is 53.7 Å². The largest absolute Gasteiger partial charge is 0.496 e. The molecule has 0 saturated carbocycles. The van der Waals surface area contributed by atoms with Gasteiger partial charge in [0.1, 0.15) is 5.75 Å². The molecule has 2 amide bonds. The Bertz CT molecular complexity index is 739. The molecule has 1 aromatic carbocycles. The van der Waals surface area contributed by atoms with E-state index in [1.807, 2.05) is 0 Å². The van der Waals surface area contributed by atoms with Crippen LogP contribution >= 0.6 is 0 Å². The maximum absolute atomic E-state index is 12.2. The number of rotatable bonds is 7. The van der Waals surface area contributed by atoms with Crippen LogP contribution in [0.25, 0.3) is 0 Å². The number of nitrogens with one attached hydrogen (secondary N) is 1. The average Bonchev–Trinajstić information content (AvgIpc) is 3.02. The van der Waals surface area contributed by atoms with Crippen molar-refractivity contribution in [3.8, 4) is 5.75 Å². The minimum Gasteiger partial charge on any atom is -0.496 e. The first-order valence-corrected chi connectivity index (χ1v) is 6.73. The van der Waals surface area contributed by atoms with E-state index >= 15 is 0 Å². The average molecular weight is 316 g/mol. The third kappa shape index (κ3) is 3.94. The summed E-state index contributed by atoms with van der Waals surface area (Å²) in [5.74, 6) is -0.573. The molecule has 0 spiro atoms. The molecule has 3 N–H and O–H groups in total. The van der Waals surface area contributed by atoms with Gasteiger partial charge in [-0.15, -0.1) is 6.58 Å². The zero-order valence-corrected chi connectivity index (χ0v) is 12.5. The molecule has 0 atom stereocenters. The maximum atomic E-state index is 12.2. The number of carbonyl (C=O) groups excluding carboxylic acids is 2. The smallest absolute Gasteiger partial charge is 0.290 e. The van der Waals surface area contributed by atoms with Gasteiger partial charge >= 0.3 is 0 Å². The molecule has 2 aromatic rings. The SMILES string of the molecule is C=CCc1cc(C(=O)NCc2nc(C(N)=O)no2)ccc1OC. The van der Waals surface area contributed by atoms with Gasteiger partial charge in [0.2, 0.25) is 5.89 Å². The van der Waals surface area contributed by atoms with Gasteiger partial charge in [0.25, 0.3) is 17.6 Å². The second-order valence-corrected chi connectivity index (χ2v) is 4.58. The Hall–Kier alpha value is -3.16. The third-order valence-corrected chi connectivity index (χ3v) is 3.00. The summed E-state index contributed by atoms with van der Waals surface area (Å²) < 4.78 is 10.0. The molecule has 8 heteroatoms. The maximum Gasteiger partial charge on any atom is 0.290 e. The lowest BCUT2D eigenvalue weighted by molar-refractivity contribution is 0.0944. The third-order valence-electron chi connectivity index (χ3n) is 3.00. The zero-order valence-electron chi connectivity index (χ0n) is 12.5. The minimum atomic E-state index is -0.796. The molecule has 23 heavy (non-hydrogen) atoms. The number of primary amides is 1. The number of ether oxygens (including phenoxy) is 1. The molecule has 0 aliphatic carbocycles. The number of hydrogen-bond acceptors (Lipinski definition) is 6. The molecule has 120 valence electrons. The van der Waals surface area contributed by atoms with Gasteiger partial charge in [0, 0.05) is 5.56 Å². The highest BCUT2D eigenvalue weighted by atomic mass is 16.5. The van der Waals surface area contributed by atoms with Crippen molar-refractivity contribution in [2.24, 2.45) is 5.73 Å². The van der Waals surface area contributed by atoms with Crippen LogP contribution in [-0.4, -0.2) is 29.1 Å². The summed E-state index contributed by atoms with van der Waals surface area (Å²) in [5, 5.41) is 6.01. The van der Waals surface area contributed by atoms with Gasteiger partial charge in [0.15, 0.2) is 0 Å². The lowest BCUT2D eigenvalue weighted by Gasteiger charge is -2.09. The molecule has 0 aliphatic heterocycles. The molecular weight excluding hydrogens is 300 g/mol. The van der Waals surface area contributed by atoms with E-state index in [0.29, 0.717) is 17.7 Å². The first kappa shape index (κ1) is 16.2. The Labute approximate surface area is 132 Å². The second kappa shape index (κ2) is 7.21. The Kier molecular flexibility index (Phi) is 5.08. The molecule has 1 heterocycles. The van der Waals surface area contributed by atoms with Crippen LogP contribution in [0.1, 0.15) is 32.4 Å². The lowest BCUT2D eigenvalue weighted by atomic mass is 10.1. The number of aromatic nitrogens is 2. The second-order valence-electron chi connectivity index (χ2n) is 4.58. The number of allylic oxidation sites excluding steroid dienone is 1. The van der Waals surface area contributed by atoms with E-state index < -0.39 is 5.91 Å². The standard InChI is InChI=1S/C15H16N4O4/c1-3-4-9-7-10(5-6-11(9)22-2)15(21)17-8-12-18-14(13(16)20)19-23-12/h3,5-7H,1,4,8H2,2H3,(H2,16,20)(H,17,21). The number of carbonyl (C=O) groups is 2. The van der Waals surface area contributed by atoms with Crippen LogP contribution in [0.15, 0.2) is 35.4 Å². The van der Waals surface area contributed by atoms with Gasteiger partial charge < -0.3 is 20.3 Å². The van der Waals surface area contributed by atoms with Crippen molar-refractivity contribution >= 4 is 11.8 Å². The van der Waals surface area contributed by atoms with Gasteiger partial charge in [-0.1, -0.05) is 11.2 Å². The van der Waals surface area contributed by atoms with E-state index in [2.05, 4.69) is 22.0 Å². The van der Waals surface area contributed by atoms with Gasteiger partial charge in [-0.2, -0.15) is 4.98 Å². The molecule has 0 bridgehead atoms. The Balaban J connectivity index is 2.06. The zero-order chi connectivity index (χ0) is 16.8. The fraction of sp³-hybridized carbons (Fsp3) is 0.200. The summed E-state index contributed by atoms with van der Waals surface area (Å²) in [7, 11) is 1.56. The Morgan fingerprint density at radius 2 is 2.26 bits per heavy atom. The summed E-state index contributed by atoms with van der Waals surface area (Å²) >= 11 is 0. The molecule has 0 saturated heterocycles. The molecule has 0 radical (unpaired) electrons. The van der Waals surface area contributed by atoms with E-state index in [1.54, 1.807) is 31.4 Å². The van der Waals surface area contributed by atoms with E-state index in [1.165, 1.54) is 0 Å².